The minimum Gasteiger partial charge on any atom is -0.339 e. The number of ketones is 1. The highest BCUT2D eigenvalue weighted by Gasteiger charge is 2.26. The lowest BCUT2D eigenvalue weighted by Crippen LogP contribution is -2.07. The van der Waals surface area contributed by atoms with Crippen LogP contribution < -0.4 is 0 Å². The molecule has 1 aromatic heterocycles. The van der Waals surface area contributed by atoms with E-state index in [9.17, 15) is 4.79 Å². The molecule has 0 fully saturated rings. The molecule has 0 spiro atoms. The van der Waals surface area contributed by atoms with E-state index < -0.39 is 0 Å². The number of hydrogen-bond donors (Lipinski definition) is 0. The van der Waals surface area contributed by atoms with Crippen molar-refractivity contribution in [3.8, 4) is 11.4 Å². The number of hydrogen-bond acceptors (Lipinski definition) is 5. The van der Waals surface area contributed by atoms with Crippen LogP contribution in [0.5, 0.6) is 0 Å². The van der Waals surface area contributed by atoms with Crippen LogP contribution in [0.15, 0.2) is 39.4 Å². The van der Waals surface area contributed by atoms with E-state index >= 15 is 0 Å². The van der Waals surface area contributed by atoms with Gasteiger partial charge in [-0.25, -0.2) is 0 Å². The van der Waals surface area contributed by atoms with Gasteiger partial charge < -0.3 is 4.52 Å². The Hall–Kier alpha value is -2.56. The van der Waals surface area contributed by atoms with Gasteiger partial charge in [-0.1, -0.05) is 30.3 Å². The summed E-state index contributed by atoms with van der Waals surface area (Å²) in [6.07, 6.45) is 6.91. The van der Waals surface area contributed by atoms with Crippen LogP contribution in [-0.4, -0.2) is 28.7 Å². The summed E-state index contributed by atoms with van der Waals surface area (Å²) in [6.45, 7) is 2.63. The number of nitrogens with zero attached hydrogens (tertiary/aromatic N) is 3. The molecular formula is C19H19N3O2. The van der Waals surface area contributed by atoms with Gasteiger partial charge in [-0.15, -0.1) is 0 Å². The first kappa shape index (κ1) is 15.0. The fourth-order valence-electron chi connectivity index (χ4n) is 3.45. The Morgan fingerprint density at radius 2 is 2.29 bits per heavy atom. The van der Waals surface area contributed by atoms with Gasteiger partial charge in [-0.2, -0.15) is 4.98 Å². The molecule has 0 bridgehead atoms. The van der Waals surface area contributed by atoms with Crippen molar-refractivity contribution in [1.29, 1.82) is 0 Å². The van der Waals surface area contributed by atoms with Crippen molar-refractivity contribution in [3.05, 3.63) is 46.9 Å². The van der Waals surface area contributed by atoms with Gasteiger partial charge in [0.25, 0.3) is 0 Å². The first-order valence-corrected chi connectivity index (χ1v) is 8.43. The molecule has 0 N–H and O–H groups in total. The molecule has 2 aromatic rings. The van der Waals surface area contributed by atoms with Crippen LogP contribution in [0.2, 0.25) is 0 Å². The first-order valence-electron chi connectivity index (χ1n) is 8.43. The molecule has 5 heteroatoms. The fraction of sp³-hybridized carbons (Fsp3) is 0.368. The Morgan fingerprint density at radius 3 is 3.04 bits per heavy atom. The second-order valence-electron chi connectivity index (χ2n) is 6.30. The zero-order valence-electron chi connectivity index (χ0n) is 13.7. The maximum Gasteiger partial charge on any atom is 0.226 e. The highest BCUT2D eigenvalue weighted by atomic mass is 16.5. The summed E-state index contributed by atoms with van der Waals surface area (Å²) >= 11 is 0. The highest BCUT2D eigenvalue weighted by molar-refractivity contribution is 6.14. The molecule has 1 aromatic carbocycles. The number of allylic oxidation sites excluding steroid dienone is 1. The Kier molecular flexibility index (Phi) is 3.84. The van der Waals surface area contributed by atoms with Crippen molar-refractivity contribution in [2.24, 2.45) is 4.99 Å². The molecule has 0 amide bonds. The summed E-state index contributed by atoms with van der Waals surface area (Å²) in [6, 6.07) is 6.29. The molecule has 0 unspecified atom stereocenters. The number of aromatic nitrogens is 2. The Balaban J connectivity index is 1.54. The highest BCUT2D eigenvalue weighted by Crippen LogP contribution is 2.38. The van der Waals surface area contributed by atoms with Gasteiger partial charge in [0.2, 0.25) is 11.7 Å². The van der Waals surface area contributed by atoms with Crippen LogP contribution in [0.3, 0.4) is 0 Å². The van der Waals surface area contributed by atoms with Gasteiger partial charge in [0, 0.05) is 30.2 Å². The normalized spacial score (nSPS) is 18.7. The summed E-state index contributed by atoms with van der Waals surface area (Å²) in [4.78, 5) is 20.8. The molecule has 4 rings (SSSR count). The lowest BCUT2D eigenvalue weighted by Gasteiger charge is -2.11. The lowest BCUT2D eigenvalue weighted by molar-refractivity contribution is -0.115. The van der Waals surface area contributed by atoms with E-state index in [0.29, 0.717) is 30.6 Å². The number of benzene rings is 1. The van der Waals surface area contributed by atoms with Crippen molar-refractivity contribution < 1.29 is 9.32 Å². The number of fused-ring (bicyclic) bond motifs is 1. The van der Waals surface area contributed by atoms with Gasteiger partial charge in [-0.3, -0.25) is 9.79 Å². The molecular weight excluding hydrogens is 302 g/mol. The zero-order chi connectivity index (χ0) is 16.5. The maximum atomic E-state index is 12.3. The van der Waals surface area contributed by atoms with Crippen molar-refractivity contribution >= 4 is 12.0 Å². The molecule has 0 saturated heterocycles. The van der Waals surface area contributed by atoms with E-state index in [1.165, 1.54) is 11.1 Å². The predicted molar refractivity (Wildman–Crippen MR) is 91.2 cm³/mol. The van der Waals surface area contributed by atoms with Crippen LogP contribution in [0.1, 0.15) is 42.7 Å². The minimum absolute atomic E-state index is 0.198. The lowest BCUT2D eigenvalue weighted by atomic mass is 9.93. The van der Waals surface area contributed by atoms with Gasteiger partial charge in [0.1, 0.15) is 0 Å². The number of rotatable bonds is 5. The molecule has 1 aliphatic heterocycles. The van der Waals surface area contributed by atoms with Gasteiger partial charge in [0.05, 0.1) is 6.54 Å². The molecule has 1 atom stereocenters. The number of Topliss-reactive ketones (excluding diaryl/α,β-unsaturated/α-hetero) is 1. The Labute approximate surface area is 140 Å². The van der Waals surface area contributed by atoms with E-state index in [4.69, 9.17) is 4.52 Å². The maximum absolute atomic E-state index is 12.3. The van der Waals surface area contributed by atoms with Crippen LogP contribution in [-0.2, 0) is 17.6 Å². The second kappa shape index (κ2) is 6.15. The smallest absolute Gasteiger partial charge is 0.226 e. The number of aliphatic imine (C=N–C) groups is 1. The molecule has 2 heterocycles. The monoisotopic (exact) mass is 321 g/mol. The van der Waals surface area contributed by atoms with Gasteiger partial charge in [-0.05, 0) is 36.0 Å². The van der Waals surface area contributed by atoms with E-state index in [0.717, 1.165) is 30.4 Å². The predicted octanol–water partition coefficient (Wildman–Crippen LogP) is 3.30. The summed E-state index contributed by atoms with van der Waals surface area (Å²) in [5.41, 5.74) is 4.32. The van der Waals surface area contributed by atoms with Crippen molar-refractivity contribution in [3.63, 3.8) is 0 Å². The van der Waals surface area contributed by atoms with Crippen LogP contribution in [0, 0.1) is 0 Å². The molecule has 0 radical (unpaired) electrons. The summed E-state index contributed by atoms with van der Waals surface area (Å²) in [5, 5.41) is 4.04. The topological polar surface area (TPSA) is 68.3 Å². The van der Waals surface area contributed by atoms with Crippen LogP contribution in [0.25, 0.3) is 11.4 Å². The molecule has 0 saturated carbocycles. The van der Waals surface area contributed by atoms with Crippen molar-refractivity contribution in [2.45, 2.75) is 38.5 Å². The molecule has 2 aliphatic rings. The third-order valence-electron chi connectivity index (χ3n) is 4.77. The largest absolute Gasteiger partial charge is 0.339 e. The second-order valence-corrected chi connectivity index (χ2v) is 6.30. The quantitative estimate of drug-likeness (QED) is 0.847. The van der Waals surface area contributed by atoms with E-state index in [1.807, 2.05) is 19.1 Å². The van der Waals surface area contributed by atoms with E-state index in [1.54, 1.807) is 6.21 Å². The van der Waals surface area contributed by atoms with E-state index in [-0.39, 0.29) is 5.78 Å². The Morgan fingerprint density at radius 1 is 1.38 bits per heavy atom. The molecule has 5 nitrogen and oxygen atoms in total. The van der Waals surface area contributed by atoms with Crippen LogP contribution >= 0.6 is 0 Å². The fourth-order valence-corrected chi connectivity index (χ4v) is 3.45. The van der Waals surface area contributed by atoms with Crippen LogP contribution in [0.4, 0.5) is 0 Å². The molecule has 1 aliphatic carbocycles. The summed E-state index contributed by atoms with van der Waals surface area (Å²) in [5.74, 6) is 1.79. The average Bonchev–Trinajstić information content (AvgIpc) is 3.35. The van der Waals surface area contributed by atoms with Crippen molar-refractivity contribution in [1.82, 2.24) is 10.1 Å². The third kappa shape index (κ3) is 2.70. The minimum atomic E-state index is 0.198. The first-order chi connectivity index (χ1) is 11.7. The van der Waals surface area contributed by atoms with E-state index in [2.05, 4.69) is 27.3 Å². The number of aryl methyl sites for hydroxylation is 2. The number of carbonyl (C=O) groups excluding carboxylic acids is 1. The standard InChI is InChI=1S/C19H19N3O2/c1-2-18-21-19(22-24-18)14-5-6-16-12(9-14)3-4-13(16)10-17(23)15-7-8-20-11-15/h5-7,9,11,13H,2-4,8,10H2,1H3/t13-/m0/s1. The van der Waals surface area contributed by atoms with Crippen molar-refractivity contribution in [2.75, 3.05) is 6.54 Å². The molecule has 24 heavy (non-hydrogen) atoms. The van der Waals surface area contributed by atoms with Gasteiger partial charge in [0.15, 0.2) is 5.78 Å². The zero-order valence-corrected chi connectivity index (χ0v) is 13.7. The average molecular weight is 321 g/mol. The van der Waals surface area contributed by atoms with Gasteiger partial charge >= 0.3 is 0 Å². The summed E-state index contributed by atoms with van der Waals surface area (Å²) in [7, 11) is 0. The SMILES string of the molecule is CCc1nc(-c2ccc3c(c2)CC[C@H]3CC(=O)C2=CCN=C2)no1. The number of carbonyl (C=O) groups is 1. The summed E-state index contributed by atoms with van der Waals surface area (Å²) < 4.78 is 5.19. The third-order valence-corrected chi connectivity index (χ3v) is 4.77. The Bertz CT molecular complexity index is 848. The molecule has 122 valence electrons.